The number of carbonyl (C=O) groups excluding carboxylic acids is 1. The summed E-state index contributed by atoms with van der Waals surface area (Å²) < 4.78 is 1.90. The van der Waals surface area contributed by atoms with Crippen molar-refractivity contribution < 1.29 is 4.79 Å². The van der Waals surface area contributed by atoms with E-state index in [0.717, 1.165) is 17.0 Å². The first-order valence-electron chi connectivity index (χ1n) is 10.2. The average molecular weight is 451 g/mol. The molecule has 0 bridgehead atoms. The zero-order chi connectivity index (χ0) is 21.4. The zero-order valence-electron chi connectivity index (χ0n) is 16.7. The molecule has 0 fully saturated rings. The van der Waals surface area contributed by atoms with Crippen LogP contribution in [0.4, 0.5) is 0 Å². The standard InChI is InChI=1S/C24H20Cl2N4O/c25-20-9-8-16(12-21(20)26)13-22-24(31)29(11-10-23-28-27-15-30(22)23)14-18-6-3-5-17-4-1-2-7-19(17)18/h1-9,12,15,22H,10-11,13-14H2. The third-order valence-corrected chi connectivity index (χ3v) is 6.58. The Morgan fingerprint density at radius 2 is 1.84 bits per heavy atom. The van der Waals surface area contributed by atoms with Gasteiger partial charge in [0.2, 0.25) is 5.91 Å². The van der Waals surface area contributed by atoms with E-state index in [1.807, 2.05) is 39.8 Å². The van der Waals surface area contributed by atoms with E-state index >= 15 is 0 Å². The number of carbonyl (C=O) groups is 1. The highest BCUT2D eigenvalue weighted by Gasteiger charge is 2.31. The third kappa shape index (κ3) is 3.91. The molecule has 0 N–H and O–H groups in total. The summed E-state index contributed by atoms with van der Waals surface area (Å²) in [6.45, 7) is 1.15. The summed E-state index contributed by atoms with van der Waals surface area (Å²) in [5.74, 6) is 0.872. The summed E-state index contributed by atoms with van der Waals surface area (Å²) in [5.41, 5.74) is 2.08. The van der Waals surface area contributed by atoms with E-state index in [2.05, 4.69) is 34.5 Å². The summed E-state index contributed by atoms with van der Waals surface area (Å²) in [4.78, 5) is 15.6. The maximum atomic E-state index is 13.7. The van der Waals surface area contributed by atoms with Crippen LogP contribution in [0.1, 0.15) is 23.0 Å². The topological polar surface area (TPSA) is 51.0 Å². The molecule has 2 heterocycles. The van der Waals surface area contributed by atoms with Gasteiger partial charge in [-0.05, 0) is 34.0 Å². The number of aromatic nitrogens is 3. The molecule has 1 amide bonds. The lowest BCUT2D eigenvalue weighted by Crippen LogP contribution is -2.36. The minimum Gasteiger partial charge on any atom is -0.336 e. The highest BCUT2D eigenvalue weighted by Crippen LogP contribution is 2.28. The van der Waals surface area contributed by atoms with Crippen LogP contribution in [-0.2, 0) is 24.2 Å². The van der Waals surface area contributed by atoms with E-state index in [4.69, 9.17) is 23.2 Å². The van der Waals surface area contributed by atoms with Crippen LogP contribution in [0.25, 0.3) is 10.8 Å². The molecule has 0 aliphatic carbocycles. The number of halogens is 2. The molecule has 5 nitrogen and oxygen atoms in total. The van der Waals surface area contributed by atoms with Crippen LogP contribution < -0.4 is 0 Å². The van der Waals surface area contributed by atoms with Gasteiger partial charge in [-0.1, -0.05) is 71.7 Å². The average Bonchev–Trinajstić information content (AvgIpc) is 3.21. The van der Waals surface area contributed by atoms with Gasteiger partial charge >= 0.3 is 0 Å². The SMILES string of the molecule is O=C1C(Cc2ccc(Cl)c(Cl)c2)n2cnnc2CCN1Cc1cccc2ccccc12. The second kappa shape index (κ2) is 8.33. The number of hydrogen-bond donors (Lipinski definition) is 0. The Morgan fingerprint density at radius 3 is 2.71 bits per heavy atom. The number of fused-ring (bicyclic) bond motifs is 2. The van der Waals surface area contributed by atoms with Crippen molar-refractivity contribution in [2.45, 2.75) is 25.4 Å². The number of benzene rings is 3. The smallest absolute Gasteiger partial charge is 0.246 e. The number of nitrogens with zero attached hydrogens (tertiary/aromatic N) is 4. The molecule has 3 aromatic carbocycles. The molecule has 156 valence electrons. The summed E-state index contributed by atoms with van der Waals surface area (Å²) in [5, 5.41) is 11.6. The van der Waals surface area contributed by atoms with Crippen molar-refractivity contribution in [1.82, 2.24) is 19.7 Å². The molecule has 4 aromatic rings. The van der Waals surface area contributed by atoms with Crippen molar-refractivity contribution in [2.24, 2.45) is 0 Å². The lowest BCUT2D eigenvalue weighted by Gasteiger charge is -2.26. The quantitative estimate of drug-likeness (QED) is 0.434. The molecule has 1 aliphatic heterocycles. The van der Waals surface area contributed by atoms with Crippen molar-refractivity contribution in [3.05, 3.63) is 94.0 Å². The Kier molecular flexibility index (Phi) is 5.38. The van der Waals surface area contributed by atoms with E-state index in [1.54, 1.807) is 12.4 Å². The normalized spacial score (nSPS) is 16.4. The summed E-state index contributed by atoms with van der Waals surface area (Å²) in [6.07, 6.45) is 2.80. The van der Waals surface area contributed by atoms with Gasteiger partial charge in [0.25, 0.3) is 0 Å². The molecule has 1 aliphatic rings. The fourth-order valence-corrected chi connectivity index (χ4v) is 4.57. The minimum atomic E-state index is -0.431. The first-order chi connectivity index (χ1) is 15.1. The van der Waals surface area contributed by atoms with Gasteiger partial charge in [-0.25, -0.2) is 0 Å². The first-order valence-corrected chi connectivity index (χ1v) is 10.9. The van der Waals surface area contributed by atoms with Crippen LogP contribution >= 0.6 is 23.2 Å². The molecule has 1 aromatic heterocycles. The third-order valence-electron chi connectivity index (χ3n) is 5.84. The van der Waals surface area contributed by atoms with Crippen molar-refractivity contribution in [2.75, 3.05) is 6.54 Å². The maximum absolute atomic E-state index is 13.7. The van der Waals surface area contributed by atoms with Gasteiger partial charge in [0.05, 0.1) is 10.0 Å². The molecule has 0 radical (unpaired) electrons. The van der Waals surface area contributed by atoms with E-state index in [1.165, 1.54) is 10.8 Å². The number of rotatable bonds is 4. The van der Waals surface area contributed by atoms with Gasteiger partial charge in [-0.3, -0.25) is 4.79 Å². The van der Waals surface area contributed by atoms with Crippen LogP contribution in [0.15, 0.2) is 67.0 Å². The minimum absolute atomic E-state index is 0.0533. The fraction of sp³-hybridized carbons (Fsp3) is 0.208. The van der Waals surface area contributed by atoms with Crippen LogP contribution in [0.3, 0.4) is 0 Å². The van der Waals surface area contributed by atoms with Gasteiger partial charge in [0.1, 0.15) is 18.2 Å². The summed E-state index contributed by atoms with van der Waals surface area (Å²) in [7, 11) is 0. The second-order valence-electron chi connectivity index (χ2n) is 7.77. The molecule has 7 heteroatoms. The van der Waals surface area contributed by atoms with Gasteiger partial charge in [-0.15, -0.1) is 10.2 Å². The Hall–Kier alpha value is -2.89. The monoisotopic (exact) mass is 450 g/mol. The predicted octanol–water partition coefficient (Wildman–Crippen LogP) is 5.11. The van der Waals surface area contributed by atoms with Crippen LogP contribution in [0.5, 0.6) is 0 Å². The molecule has 1 unspecified atom stereocenters. The van der Waals surface area contributed by atoms with Crippen LogP contribution in [-0.4, -0.2) is 32.1 Å². The van der Waals surface area contributed by atoms with Crippen molar-refractivity contribution in [1.29, 1.82) is 0 Å². The molecule has 0 spiro atoms. The molecule has 31 heavy (non-hydrogen) atoms. The van der Waals surface area contributed by atoms with Crippen molar-refractivity contribution in [3.63, 3.8) is 0 Å². The van der Waals surface area contributed by atoms with Crippen LogP contribution in [0, 0.1) is 0 Å². The Balaban J connectivity index is 1.48. The fourth-order valence-electron chi connectivity index (χ4n) is 4.25. The Labute approximate surface area is 190 Å². The van der Waals surface area contributed by atoms with E-state index < -0.39 is 6.04 Å². The van der Waals surface area contributed by atoms with Gasteiger partial charge in [0, 0.05) is 25.9 Å². The Bertz CT molecular complexity index is 1260. The van der Waals surface area contributed by atoms with Crippen LogP contribution in [0.2, 0.25) is 10.0 Å². The lowest BCUT2D eigenvalue weighted by molar-refractivity contribution is -0.134. The largest absolute Gasteiger partial charge is 0.336 e. The number of amides is 1. The molecule has 0 saturated carbocycles. The maximum Gasteiger partial charge on any atom is 0.246 e. The molecule has 5 rings (SSSR count). The predicted molar refractivity (Wildman–Crippen MR) is 122 cm³/mol. The van der Waals surface area contributed by atoms with E-state index in [9.17, 15) is 4.79 Å². The molecule has 0 saturated heterocycles. The number of hydrogen-bond acceptors (Lipinski definition) is 3. The van der Waals surface area contributed by atoms with E-state index in [0.29, 0.717) is 36.0 Å². The van der Waals surface area contributed by atoms with Gasteiger partial charge in [0.15, 0.2) is 0 Å². The first kappa shape index (κ1) is 20.0. The second-order valence-corrected chi connectivity index (χ2v) is 8.59. The lowest BCUT2D eigenvalue weighted by atomic mass is 10.0. The molecular formula is C24H20Cl2N4O. The van der Waals surface area contributed by atoms with Gasteiger partial charge < -0.3 is 9.47 Å². The summed E-state index contributed by atoms with van der Waals surface area (Å²) in [6, 6.07) is 19.6. The van der Waals surface area contributed by atoms with Crippen molar-refractivity contribution >= 4 is 39.9 Å². The molecule has 1 atom stereocenters. The highest BCUT2D eigenvalue weighted by atomic mass is 35.5. The van der Waals surface area contributed by atoms with Gasteiger partial charge in [-0.2, -0.15) is 0 Å². The molecular weight excluding hydrogens is 431 g/mol. The highest BCUT2D eigenvalue weighted by molar-refractivity contribution is 6.42. The Morgan fingerprint density at radius 1 is 1.00 bits per heavy atom. The summed E-state index contributed by atoms with van der Waals surface area (Å²) >= 11 is 12.3. The van der Waals surface area contributed by atoms with E-state index in [-0.39, 0.29) is 5.91 Å². The zero-order valence-corrected chi connectivity index (χ0v) is 18.2. The van der Waals surface area contributed by atoms with Crippen molar-refractivity contribution in [3.8, 4) is 0 Å².